The van der Waals surface area contributed by atoms with Gasteiger partial charge in [-0.05, 0) is 38.6 Å². The van der Waals surface area contributed by atoms with Crippen LogP contribution >= 0.6 is 0 Å². The summed E-state index contributed by atoms with van der Waals surface area (Å²) < 4.78 is 0. The topological polar surface area (TPSA) is 52.6 Å². The second-order valence-electron chi connectivity index (χ2n) is 5.77. The van der Waals surface area contributed by atoms with Crippen molar-refractivity contribution in [2.24, 2.45) is 5.92 Å². The van der Waals surface area contributed by atoms with E-state index in [-0.39, 0.29) is 5.91 Å². The van der Waals surface area contributed by atoms with Crippen molar-refractivity contribution >= 4 is 5.91 Å². The van der Waals surface area contributed by atoms with E-state index >= 15 is 0 Å². The molecule has 0 radical (unpaired) electrons. The van der Waals surface area contributed by atoms with Crippen LogP contribution in [0.4, 0.5) is 0 Å². The summed E-state index contributed by atoms with van der Waals surface area (Å²) >= 11 is 0. The Hall–Kier alpha value is -0.870. The van der Waals surface area contributed by atoms with Gasteiger partial charge in [0.1, 0.15) is 0 Å². The molecule has 1 saturated heterocycles. The van der Waals surface area contributed by atoms with Crippen molar-refractivity contribution in [1.82, 2.24) is 10.2 Å². The standard InChI is InChI=1S/C14H24N2O2/c1-16-8-6-14(18,7-9-16)11-15-13(17)10-12-4-2-3-5-12/h2,4,12,18H,3,5-11H2,1H3,(H,15,17). The number of carbonyl (C=O) groups excluding carboxylic acids is 1. The first-order valence-corrected chi connectivity index (χ1v) is 6.92. The van der Waals surface area contributed by atoms with Crippen molar-refractivity contribution in [2.45, 2.75) is 37.7 Å². The third-order valence-electron chi connectivity index (χ3n) is 4.09. The molecule has 1 amide bonds. The number of piperidine rings is 1. The Morgan fingerprint density at radius 3 is 2.83 bits per heavy atom. The maximum atomic E-state index is 11.8. The first-order valence-electron chi connectivity index (χ1n) is 6.92. The number of likely N-dealkylation sites (tertiary alicyclic amines) is 1. The van der Waals surface area contributed by atoms with E-state index in [1.165, 1.54) is 0 Å². The van der Waals surface area contributed by atoms with Gasteiger partial charge in [0.05, 0.1) is 5.60 Å². The quantitative estimate of drug-likeness (QED) is 0.731. The molecule has 2 rings (SSSR count). The molecular formula is C14H24N2O2. The van der Waals surface area contributed by atoms with Crippen LogP contribution in [0.1, 0.15) is 32.1 Å². The van der Waals surface area contributed by atoms with Gasteiger partial charge in [0.2, 0.25) is 5.91 Å². The molecule has 0 aromatic heterocycles. The van der Waals surface area contributed by atoms with E-state index in [1.807, 2.05) is 0 Å². The lowest BCUT2D eigenvalue weighted by Crippen LogP contribution is -2.50. The molecule has 0 spiro atoms. The summed E-state index contributed by atoms with van der Waals surface area (Å²) in [6, 6.07) is 0. The number of carbonyl (C=O) groups is 1. The number of allylic oxidation sites excluding steroid dienone is 2. The molecule has 1 atom stereocenters. The lowest BCUT2D eigenvalue weighted by atomic mass is 9.91. The Bertz CT molecular complexity index is 320. The van der Waals surface area contributed by atoms with Gasteiger partial charge in [-0.3, -0.25) is 4.79 Å². The van der Waals surface area contributed by atoms with Crippen molar-refractivity contribution < 1.29 is 9.90 Å². The molecule has 2 N–H and O–H groups in total. The zero-order valence-corrected chi connectivity index (χ0v) is 11.2. The van der Waals surface area contributed by atoms with E-state index in [9.17, 15) is 9.90 Å². The van der Waals surface area contributed by atoms with E-state index in [0.717, 1.165) is 38.8 Å². The predicted octanol–water partition coefficient (Wildman–Crippen LogP) is 0.916. The fraction of sp³-hybridized carbons (Fsp3) is 0.786. The van der Waals surface area contributed by atoms with E-state index < -0.39 is 5.60 Å². The van der Waals surface area contributed by atoms with Crippen LogP contribution in [0, 0.1) is 5.92 Å². The Kier molecular flexibility index (Phi) is 4.40. The molecule has 0 aromatic carbocycles. The lowest BCUT2D eigenvalue weighted by Gasteiger charge is -2.36. The molecule has 1 aliphatic heterocycles. The minimum absolute atomic E-state index is 0.0684. The van der Waals surface area contributed by atoms with E-state index in [4.69, 9.17) is 0 Å². The molecule has 18 heavy (non-hydrogen) atoms. The summed E-state index contributed by atoms with van der Waals surface area (Å²) in [5.41, 5.74) is -0.701. The monoisotopic (exact) mass is 252 g/mol. The van der Waals surface area contributed by atoms with Crippen LogP contribution in [0.3, 0.4) is 0 Å². The number of aliphatic hydroxyl groups is 1. The first kappa shape index (κ1) is 13.6. The van der Waals surface area contributed by atoms with Gasteiger partial charge in [0, 0.05) is 26.1 Å². The SMILES string of the molecule is CN1CCC(O)(CNC(=O)CC2C=CCC2)CC1. The third kappa shape index (κ3) is 3.82. The second kappa shape index (κ2) is 5.85. The summed E-state index contributed by atoms with van der Waals surface area (Å²) in [6.45, 7) is 2.20. The van der Waals surface area contributed by atoms with Gasteiger partial charge >= 0.3 is 0 Å². The predicted molar refractivity (Wildman–Crippen MR) is 71.2 cm³/mol. The Morgan fingerprint density at radius 2 is 2.22 bits per heavy atom. The molecular weight excluding hydrogens is 228 g/mol. The molecule has 1 unspecified atom stereocenters. The van der Waals surface area contributed by atoms with Crippen molar-refractivity contribution in [3.63, 3.8) is 0 Å². The summed E-state index contributed by atoms with van der Waals surface area (Å²) in [5, 5.41) is 13.2. The highest BCUT2D eigenvalue weighted by atomic mass is 16.3. The second-order valence-corrected chi connectivity index (χ2v) is 5.77. The van der Waals surface area contributed by atoms with Gasteiger partial charge in [0.15, 0.2) is 0 Å². The van der Waals surface area contributed by atoms with E-state index in [1.54, 1.807) is 0 Å². The number of hydrogen-bond donors (Lipinski definition) is 2. The Morgan fingerprint density at radius 1 is 1.50 bits per heavy atom. The summed E-state index contributed by atoms with van der Waals surface area (Å²) in [6.07, 6.45) is 8.50. The summed E-state index contributed by atoms with van der Waals surface area (Å²) in [7, 11) is 2.06. The van der Waals surface area contributed by atoms with Crippen molar-refractivity contribution in [2.75, 3.05) is 26.7 Å². The minimum atomic E-state index is -0.701. The minimum Gasteiger partial charge on any atom is -0.388 e. The number of hydrogen-bond acceptors (Lipinski definition) is 3. The molecule has 2 aliphatic rings. The molecule has 102 valence electrons. The average molecular weight is 252 g/mol. The highest BCUT2D eigenvalue weighted by Gasteiger charge is 2.31. The fourth-order valence-electron chi connectivity index (χ4n) is 2.65. The third-order valence-corrected chi connectivity index (χ3v) is 4.09. The molecule has 4 nitrogen and oxygen atoms in total. The van der Waals surface area contributed by atoms with Crippen LogP contribution < -0.4 is 5.32 Å². The number of nitrogens with zero attached hydrogens (tertiary/aromatic N) is 1. The highest BCUT2D eigenvalue weighted by molar-refractivity contribution is 5.76. The maximum Gasteiger partial charge on any atom is 0.220 e. The van der Waals surface area contributed by atoms with Gasteiger partial charge in [-0.1, -0.05) is 12.2 Å². The van der Waals surface area contributed by atoms with Gasteiger partial charge in [0.25, 0.3) is 0 Å². The maximum absolute atomic E-state index is 11.8. The van der Waals surface area contributed by atoms with Crippen molar-refractivity contribution in [3.05, 3.63) is 12.2 Å². The molecule has 1 heterocycles. The van der Waals surface area contributed by atoms with Crippen LogP contribution in [-0.4, -0.2) is 48.2 Å². The van der Waals surface area contributed by atoms with Gasteiger partial charge in [-0.2, -0.15) is 0 Å². The highest BCUT2D eigenvalue weighted by Crippen LogP contribution is 2.22. The van der Waals surface area contributed by atoms with Crippen LogP contribution in [0.5, 0.6) is 0 Å². The van der Waals surface area contributed by atoms with Crippen LogP contribution in [-0.2, 0) is 4.79 Å². The van der Waals surface area contributed by atoms with Gasteiger partial charge in [-0.25, -0.2) is 0 Å². The van der Waals surface area contributed by atoms with Gasteiger partial charge < -0.3 is 15.3 Å². The Balaban J connectivity index is 1.70. The zero-order valence-electron chi connectivity index (χ0n) is 11.2. The number of amides is 1. The van der Waals surface area contributed by atoms with Crippen LogP contribution in [0.2, 0.25) is 0 Å². The number of rotatable bonds is 4. The number of nitrogens with one attached hydrogen (secondary N) is 1. The van der Waals surface area contributed by atoms with Crippen molar-refractivity contribution in [3.8, 4) is 0 Å². The van der Waals surface area contributed by atoms with E-state index in [2.05, 4.69) is 29.4 Å². The van der Waals surface area contributed by atoms with Crippen LogP contribution in [0.15, 0.2) is 12.2 Å². The van der Waals surface area contributed by atoms with Crippen LogP contribution in [0.25, 0.3) is 0 Å². The molecule has 0 bridgehead atoms. The first-order chi connectivity index (χ1) is 8.57. The Labute approximate surface area is 109 Å². The molecule has 0 saturated carbocycles. The van der Waals surface area contributed by atoms with Crippen molar-refractivity contribution in [1.29, 1.82) is 0 Å². The smallest absolute Gasteiger partial charge is 0.220 e. The lowest BCUT2D eigenvalue weighted by molar-refractivity contribution is -0.123. The summed E-state index contributed by atoms with van der Waals surface area (Å²) in [4.78, 5) is 14.0. The summed E-state index contributed by atoms with van der Waals surface area (Å²) in [5.74, 6) is 0.469. The zero-order chi connectivity index (χ0) is 13.0. The normalized spacial score (nSPS) is 27.3. The van der Waals surface area contributed by atoms with E-state index in [0.29, 0.717) is 18.9 Å². The fourth-order valence-corrected chi connectivity index (χ4v) is 2.65. The largest absolute Gasteiger partial charge is 0.388 e. The van der Waals surface area contributed by atoms with Gasteiger partial charge in [-0.15, -0.1) is 0 Å². The molecule has 1 fully saturated rings. The average Bonchev–Trinajstić information content (AvgIpc) is 2.84. The molecule has 0 aromatic rings. The molecule has 4 heteroatoms. The molecule has 1 aliphatic carbocycles.